The van der Waals surface area contributed by atoms with Gasteiger partial charge in [-0.05, 0) is 22.0 Å². The number of nitro groups is 1. The van der Waals surface area contributed by atoms with Gasteiger partial charge in [0.1, 0.15) is 0 Å². The summed E-state index contributed by atoms with van der Waals surface area (Å²) >= 11 is 8.76. The van der Waals surface area contributed by atoms with Gasteiger partial charge >= 0.3 is 0 Å². The van der Waals surface area contributed by atoms with Crippen LogP contribution in [0.3, 0.4) is 0 Å². The van der Waals surface area contributed by atoms with Crippen LogP contribution in [0.5, 0.6) is 0 Å². The lowest BCUT2D eigenvalue weighted by Crippen LogP contribution is -1.95. The second-order valence-corrected chi connectivity index (χ2v) is 3.57. The second-order valence-electron chi connectivity index (χ2n) is 2.31. The van der Waals surface area contributed by atoms with E-state index in [4.69, 9.17) is 16.7 Å². The molecular weight excluding hydrogens is 261 g/mol. The second kappa shape index (κ2) is 4.04. The Balaban J connectivity index is 3.33. The van der Waals surface area contributed by atoms with E-state index in [1.807, 2.05) is 0 Å². The van der Waals surface area contributed by atoms with Crippen molar-refractivity contribution in [3.05, 3.63) is 37.3 Å². The molecule has 0 saturated heterocycles. The molecule has 0 bridgehead atoms. The summed E-state index contributed by atoms with van der Waals surface area (Å²) in [5.41, 5.74) is 0.0666. The number of hydrogen-bond donors (Lipinski definition) is 1. The maximum Gasteiger partial charge on any atom is 0.276 e. The van der Waals surface area contributed by atoms with Crippen molar-refractivity contribution in [2.24, 2.45) is 0 Å². The summed E-state index contributed by atoms with van der Waals surface area (Å²) in [5, 5.41) is 19.5. The third kappa shape index (κ3) is 2.18. The number of benzene rings is 1. The molecule has 1 rings (SSSR count). The van der Waals surface area contributed by atoms with Gasteiger partial charge in [0.05, 0.1) is 22.1 Å². The molecule has 1 N–H and O–H groups in total. The predicted octanol–water partition coefficient (Wildman–Crippen LogP) is 2.50. The highest BCUT2D eigenvalue weighted by molar-refractivity contribution is 9.10. The Hall–Kier alpha value is -0.650. The number of hydrogen-bond acceptors (Lipinski definition) is 3. The van der Waals surface area contributed by atoms with Crippen molar-refractivity contribution in [1.29, 1.82) is 0 Å². The molecule has 0 spiro atoms. The number of aliphatic hydroxyl groups is 1. The van der Waals surface area contributed by atoms with Crippen LogP contribution in [0, 0.1) is 10.1 Å². The Kier molecular flexibility index (Phi) is 3.24. The van der Waals surface area contributed by atoms with Gasteiger partial charge < -0.3 is 5.11 Å². The van der Waals surface area contributed by atoms with Crippen LogP contribution >= 0.6 is 27.5 Å². The van der Waals surface area contributed by atoms with Crippen LogP contribution in [0.4, 0.5) is 5.69 Å². The third-order valence-corrected chi connectivity index (χ3v) is 2.69. The van der Waals surface area contributed by atoms with Crippen LogP contribution in [0.1, 0.15) is 5.56 Å². The van der Waals surface area contributed by atoms with Gasteiger partial charge in [-0.25, -0.2) is 0 Å². The average Bonchev–Trinajstić information content (AvgIpc) is 2.08. The molecule has 0 fully saturated rings. The maximum absolute atomic E-state index is 10.5. The largest absolute Gasteiger partial charge is 0.391 e. The fourth-order valence-corrected chi connectivity index (χ4v) is 1.42. The van der Waals surface area contributed by atoms with Crippen molar-refractivity contribution in [1.82, 2.24) is 0 Å². The summed E-state index contributed by atoms with van der Waals surface area (Å²) in [4.78, 5) is 9.89. The molecule has 0 atom stereocenters. The van der Waals surface area contributed by atoms with E-state index in [1.165, 1.54) is 12.1 Å². The van der Waals surface area contributed by atoms with Crippen LogP contribution in [-0.2, 0) is 6.61 Å². The molecule has 1 aromatic carbocycles. The molecule has 0 unspecified atom stereocenters. The maximum atomic E-state index is 10.5. The molecule has 70 valence electrons. The molecule has 0 amide bonds. The van der Waals surface area contributed by atoms with Crippen molar-refractivity contribution < 1.29 is 10.0 Å². The highest BCUT2D eigenvalue weighted by atomic mass is 79.9. The molecule has 13 heavy (non-hydrogen) atoms. The van der Waals surface area contributed by atoms with Crippen molar-refractivity contribution in [3.63, 3.8) is 0 Å². The van der Waals surface area contributed by atoms with Crippen molar-refractivity contribution in [3.8, 4) is 0 Å². The first-order chi connectivity index (χ1) is 6.06. The number of rotatable bonds is 2. The summed E-state index contributed by atoms with van der Waals surface area (Å²) < 4.78 is 0.531. The van der Waals surface area contributed by atoms with Gasteiger partial charge in [-0.1, -0.05) is 11.6 Å². The molecule has 0 aliphatic rings. The van der Waals surface area contributed by atoms with Gasteiger partial charge in [-0.3, -0.25) is 10.1 Å². The van der Waals surface area contributed by atoms with Crippen LogP contribution in [-0.4, -0.2) is 10.0 Å². The van der Waals surface area contributed by atoms with Gasteiger partial charge in [-0.15, -0.1) is 0 Å². The number of aliphatic hydroxyl groups excluding tert-OH is 1. The van der Waals surface area contributed by atoms with E-state index in [9.17, 15) is 10.1 Å². The lowest BCUT2D eigenvalue weighted by molar-refractivity contribution is -0.385. The van der Waals surface area contributed by atoms with Gasteiger partial charge in [-0.2, -0.15) is 0 Å². The van der Waals surface area contributed by atoms with Crippen LogP contribution in [0.25, 0.3) is 0 Å². The molecule has 4 nitrogen and oxygen atoms in total. The molecule has 1 aromatic rings. The van der Waals surface area contributed by atoms with Crippen molar-refractivity contribution in [2.45, 2.75) is 6.61 Å². The molecule has 0 aliphatic carbocycles. The van der Waals surface area contributed by atoms with E-state index in [0.29, 0.717) is 4.47 Å². The summed E-state index contributed by atoms with van der Waals surface area (Å²) in [5.74, 6) is 0. The van der Waals surface area contributed by atoms with Gasteiger partial charge in [0, 0.05) is 10.5 Å². The molecule has 6 heteroatoms. The summed E-state index contributed by atoms with van der Waals surface area (Å²) in [6, 6.07) is 2.64. The lowest BCUT2D eigenvalue weighted by Gasteiger charge is -2.01. The zero-order chi connectivity index (χ0) is 10.0. The predicted molar refractivity (Wildman–Crippen MR) is 51.7 cm³/mol. The first-order valence-electron chi connectivity index (χ1n) is 3.29. The Morgan fingerprint density at radius 3 is 2.69 bits per heavy atom. The molecule has 0 heterocycles. The minimum absolute atomic E-state index is 0.171. The minimum Gasteiger partial charge on any atom is -0.391 e. The molecule has 0 aromatic heterocycles. The van der Waals surface area contributed by atoms with Crippen molar-refractivity contribution in [2.75, 3.05) is 0 Å². The third-order valence-electron chi connectivity index (χ3n) is 1.49. The summed E-state index contributed by atoms with van der Waals surface area (Å²) in [6.07, 6.45) is 0. The average molecular weight is 266 g/mol. The number of nitro benzene ring substituents is 1. The van der Waals surface area contributed by atoms with E-state index < -0.39 is 4.92 Å². The zero-order valence-electron chi connectivity index (χ0n) is 6.33. The highest BCUT2D eigenvalue weighted by Crippen LogP contribution is 2.30. The molecular formula is C7H5BrClNO3. The normalized spacial score (nSPS) is 10.1. The quantitative estimate of drug-likeness (QED) is 0.661. The SMILES string of the molecule is O=[N+]([O-])c1cc(Cl)c(Br)cc1CO. The van der Waals surface area contributed by atoms with E-state index in [-0.39, 0.29) is 22.9 Å². The summed E-state index contributed by atoms with van der Waals surface area (Å²) in [7, 11) is 0. The Labute approximate surface area is 87.4 Å². The monoisotopic (exact) mass is 265 g/mol. The Morgan fingerprint density at radius 2 is 2.23 bits per heavy atom. The standard InChI is InChI=1S/C7H5BrClNO3/c8-5-1-4(3-11)7(10(12)13)2-6(5)9/h1-2,11H,3H2. The van der Waals surface area contributed by atoms with E-state index in [1.54, 1.807) is 0 Å². The van der Waals surface area contributed by atoms with Crippen LogP contribution in [0.2, 0.25) is 5.02 Å². The van der Waals surface area contributed by atoms with Gasteiger partial charge in [0.15, 0.2) is 0 Å². The first-order valence-corrected chi connectivity index (χ1v) is 4.46. The summed E-state index contributed by atoms with van der Waals surface area (Å²) in [6.45, 7) is -0.383. The molecule has 0 radical (unpaired) electrons. The van der Waals surface area contributed by atoms with Crippen LogP contribution < -0.4 is 0 Å². The topological polar surface area (TPSA) is 63.4 Å². The fourth-order valence-electron chi connectivity index (χ4n) is 0.874. The number of halogens is 2. The van der Waals surface area contributed by atoms with Crippen molar-refractivity contribution >= 4 is 33.2 Å². The first kappa shape index (κ1) is 10.4. The fraction of sp³-hybridized carbons (Fsp3) is 0.143. The van der Waals surface area contributed by atoms with Crippen LogP contribution in [0.15, 0.2) is 16.6 Å². The Morgan fingerprint density at radius 1 is 1.62 bits per heavy atom. The van der Waals surface area contributed by atoms with E-state index >= 15 is 0 Å². The smallest absolute Gasteiger partial charge is 0.276 e. The van der Waals surface area contributed by atoms with E-state index in [0.717, 1.165) is 0 Å². The highest BCUT2D eigenvalue weighted by Gasteiger charge is 2.15. The van der Waals surface area contributed by atoms with Gasteiger partial charge in [0.2, 0.25) is 0 Å². The zero-order valence-corrected chi connectivity index (χ0v) is 8.67. The van der Waals surface area contributed by atoms with Gasteiger partial charge in [0.25, 0.3) is 5.69 Å². The van der Waals surface area contributed by atoms with E-state index in [2.05, 4.69) is 15.9 Å². The number of nitrogens with zero attached hydrogens (tertiary/aromatic N) is 1. The Bertz CT molecular complexity index is 356. The molecule has 0 saturated carbocycles. The lowest BCUT2D eigenvalue weighted by atomic mass is 10.2. The minimum atomic E-state index is -0.579. The molecule has 0 aliphatic heterocycles.